The van der Waals surface area contributed by atoms with E-state index in [1.165, 1.54) is 65.9 Å². The van der Waals surface area contributed by atoms with Gasteiger partial charge in [-0.15, -0.1) is 0 Å². The van der Waals surface area contributed by atoms with Crippen LogP contribution in [-0.4, -0.2) is 9.13 Å². The van der Waals surface area contributed by atoms with Crippen LogP contribution in [0.2, 0.25) is 0 Å². The Bertz CT molecular complexity index is 2810. The third-order valence-corrected chi connectivity index (χ3v) is 10.0. The number of para-hydroxylation sites is 2. The molecule has 7 aromatic carbocycles. The lowest BCUT2D eigenvalue weighted by Crippen LogP contribution is -1.94. The van der Waals surface area contributed by atoms with E-state index in [1.54, 1.807) is 0 Å². The second kappa shape index (κ2) is 12.7. The molecule has 0 aliphatic carbocycles. The van der Waals surface area contributed by atoms with Crippen LogP contribution in [0.4, 0.5) is 0 Å². The second-order valence-corrected chi connectivity index (χ2v) is 13.0. The summed E-state index contributed by atoms with van der Waals surface area (Å²) in [7, 11) is 0. The highest BCUT2D eigenvalue weighted by molar-refractivity contribution is 6.12. The summed E-state index contributed by atoms with van der Waals surface area (Å²) in [4.78, 5) is 0. The van der Waals surface area contributed by atoms with Gasteiger partial charge in [0.25, 0.3) is 0 Å². The molecule has 51 heavy (non-hydrogen) atoms. The molecular formula is C49H36N2. The third kappa shape index (κ3) is 5.21. The Kier molecular flexibility index (Phi) is 7.56. The highest BCUT2D eigenvalue weighted by atomic mass is 15.0. The number of benzene rings is 7. The molecule has 0 N–H and O–H groups in total. The number of hydrogen-bond donors (Lipinski definition) is 0. The molecule has 0 radical (unpaired) electrons. The largest absolute Gasteiger partial charge is 0.309 e. The van der Waals surface area contributed by atoms with Gasteiger partial charge in [0.05, 0.1) is 22.1 Å². The highest BCUT2D eigenvalue weighted by Crippen LogP contribution is 2.38. The van der Waals surface area contributed by atoms with Gasteiger partial charge in [0.1, 0.15) is 0 Å². The van der Waals surface area contributed by atoms with E-state index in [9.17, 15) is 0 Å². The predicted molar refractivity (Wildman–Crippen MR) is 219 cm³/mol. The Morgan fingerprint density at radius 1 is 0.451 bits per heavy atom. The molecule has 0 bridgehead atoms. The van der Waals surface area contributed by atoms with E-state index in [4.69, 9.17) is 0 Å². The molecule has 0 amide bonds. The maximum Gasteiger partial charge on any atom is 0.0541 e. The van der Waals surface area contributed by atoms with Crippen LogP contribution in [0.15, 0.2) is 195 Å². The first kappa shape index (κ1) is 30.4. The fourth-order valence-corrected chi connectivity index (χ4v) is 7.60. The number of allylic oxidation sites excluding steroid dienone is 5. The molecule has 2 nitrogen and oxygen atoms in total. The van der Waals surface area contributed by atoms with Crippen molar-refractivity contribution in [1.82, 2.24) is 9.13 Å². The number of rotatable bonds is 7. The van der Waals surface area contributed by atoms with Crippen molar-refractivity contribution >= 4 is 49.2 Å². The van der Waals surface area contributed by atoms with Crippen molar-refractivity contribution in [3.63, 3.8) is 0 Å². The fourth-order valence-electron chi connectivity index (χ4n) is 7.60. The molecule has 242 valence electrons. The quantitative estimate of drug-likeness (QED) is 0.152. The van der Waals surface area contributed by atoms with Crippen molar-refractivity contribution in [2.45, 2.75) is 6.92 Å². The summed E-state index contributed by atoms with van der Waals surface area (Å²) < 4.78 is 4.78. The Labute approximate surface area is 298 Å². The SMILES string of the molecule is C=C/C(=C\C=C/C)c1ccc(-n2c3ccccc3c3cc(-c4ccc5c(c4)c4ccccc4n5-c4cccc(-c5ccccc5)c4)ccc32)cc1. The minimum absolute atomic E-state index is 1.10. The van der Waals surface area contributed by atoms with Crippen molar-refractivity contribution in [3.05, 3.63) is 200 Å². The molecule has 0 aliphatic heterocycles. The van der Waals surface area contributed by atoms with Gasteiger partial charge in [-0.25, -0.2) is 0 Å². The first-order valence-electron chi connectivity index (χ1n) is 17.5. The summed E-state index contributed by atoms with van der Waals surface area (Å²) in [6, 6.07) is 59.6. The van der Waals surface area contributed by atoms with Crippen LogP contribution >= 0.6 is 0 Å². The highest BCUT2D eigenvalue weighted by Gasteiger charge is 2.16. The number of nitrogens with zero attached hydrogens (tertiary/aromatic N) is 2. The third-order valence-electron chi connectivity index (χ3n) is 10.0. The standard InChI is InChI=1S/C49H36N2/c1-3-5-14-34(4-2)36-23-27-40(28-24-36)50-46-21-11-9-19-42(46)44-32-38(25-29-48(44)50)39-26-30-49-45(33-39)43-20-10-12-22-47(43)51(49)41-18-13-17-37(31-41)35-15-7-6-8-16-35/h3-33H,2H2,1H3/b5-3-,34-14+. The van der Waals surface area contributed by atoms with E-state index in [0.29, 0.717) is 0 Å². The molecule has 0 saturated carbocycles. The van der Waals surface area contributed by atoms with E-state index in [0.717, 1.165) is 22.5 Å². The molecule has 9 rings (SSSR count). The lowest BCUT2D eigenvalue weighted by atomic mass is 10.0. The molecule has 0 spiro atoms. The minimum atomic E-state index is 1.10. The molecule has 0 aliphatic rings. The molecule has 2 aromatic heterocycles. The van der Waals surface area contributed by atoms with Gasteiger partial charge in [-0.3, -0.25) is 0 Å². The van der Waals surface area contributed by atoms with Crippen molar-refractivity contribution in [3.8, 4) is 33.6 Å². The van der Waals surface area contributed by atoms with Gasteiger partial charge >= 0.3 is 0 Å². The van der Waals surface area contributed by atoms with Gasteiger partial charge in [0.15, 0.2) is 0 Å². The molecule has 0 atom stereocenters. The molecule has 2 heterocycles. The molecule has 2 heteroatoms. The first-order valence-corrected chi connectivity index (χ1v) is 17.5. The van der Waals surface area contributed by atoms with E-state index in [-0.39, 0.29) is 0 Å². The minimum Gasteiger partial charge on any atom is -0.309 e. The van der Waals surface area contributed by atoms with E-state index >= 15 is 0 Å². The van der Waals surface area contributed by atoms with Crippen LogP contribution in [0, 0.1) is 0 Å². The summed E-state index contributed by atoms with van der Waals surface area (Å²) in [5.41, 5.74) is 14.2. The van der Waals surface area contributed by atoms with E-state index < -0.39 is 0 Å². The van der Waals surface area contributed by atoms with Crippen molar-refractivity contribution < 1.29 is 0 Å². The Balaban J connectivity index is 1.16. The van der Waals surface area contributed by atoms with Crippen molar-refractivity contribution in [1.29, 1.82) is 0 Å². The lowest BCUT2D eigenvalue weighted by Gasteiger charge is -2.11. The normalized spacial score (nSPS) is 12.1. The Morgan fingerprint density at radius 3 is 1.59 bits per heavy atom. The van der Waals surface area contributed by atoms with Gasteiger partial charge in [-0.2, -0.15) is 0 Å². The summed E-state index contributed by atoms with van der Waals surface area (Å²) in [6.45, 7) is 6.06. The van der Waals surface area contributed by atoms with Gasteiger partial charge in [0.2, 0.25) is 0 Å². The first-order chi connectivity index (χ1) is 25.2. The number of aromatic nitrogens is 2. The summed E-state index contributed by atoms with van der Waals surface area (Å²) in [5.74, 6) is 0. The lowest BCUT2D eigenvalue weighted by molar-refractivity contribution is 1.18. The summed E-state index contributed by atoms with van der Waals surface area (Å²) >= 11 is 0. The average Bonchev–Trinajstić information content (AvgIpc) is 3.71. The van der Waals surface area contributed by atoms with Crippen LogP contribution in [0.3, 0.4) is 0 Å². The zero-order valence-electron chi connectivity index (χ0n) is 28.5. The van der Waals surface area contributed by atoms with Crippen LogP contribution in [-0.2, 0) is 0 Å². The summed E-state index contributed by atoms with van der Waals surface area (Å²) in [6.07, 6.45) is 8.10. The number of fused-ring (bicyclic) bond motifs is 6. The summed E-state index contributed by atoms with van der Waals surface area (Å²) in [5, 5.41) is 4.99. The molecule has 0 saturated heterocycles. The van der Waals surface area contributed by atoms with E-state index in [2.05, 4.69) is 192 Å². The zero-order chi connectivity index (χ0) is 34.3. The van der Waals surface area contributed by atoms with Gasteiger partial charge in [-0.05, 0) is 101 Å². The van der Waals surface area contributed by atoms with E-state index in [1.807, 2.05) is 19.1 Å². The molecule has 0 fully saturated rings. The average molecular weight is 653 g/mol. The predicted octanol–water partition coefficient (Wildman–Crippen LogP) is 13.4. The Morgan fingerprint density at radius 2 is 0.980 bits per heavy atom. The smallest absolute Gasteiger partial charge is 0.0541 e. The maximum absolute atomic E-state index is 4.03. The Hall–Kier alpha value is -6.64. The van der Waals surface area contributed by atoms with Crippen LogP contribution in [0.1, 0.15) is 12.5 Å². The molecule has 9 aromatic rings. The van der Waals surface area contributed by atoms with Crippen molar-refractivity contribution in [2.24, 2.45) is 0 Å². The number of hydrogen-bond acceptors (Lipinski definition) is 0. The zero-order valence-corrected chi connectivity index (χ0v) is 28.5. The maximum atomic E-state index is 4.03. The fraction of sp³-hybridized carbons (Fsp3) is 0.0204. The van der Waals surface area contributed by atoms with Crippen molar-refractivity contribution in [2.75, 3.05) is 0 Å². The van der Waals surface area contributed by atoms with Crippen LogP contribution < -0.4 is 0 Å². The van der Waals surface area contributed by atoms with Gasteiger partial charge in [-0.1, -0.05) is 134 Å². The monoisotopic (exact) mass is 652 g/mol. The molecule has 0 unspecified atom stereocenters. The van der Waals surface area contributed by atoms with Gasteiger partial charge < -0.3 is 9.13 Å². The van der Waals surface area contributed by atoms with Crippen LogP contribution in [0.25, 0.3) is 82.8 Å². The molecular weight excluding hydrogens is 617 g/mol. The van der Waals surface area contributed by atoms with Crippen LogP contribution in [0.5, 0.6) is 0 Å². The topological polar surface area (TPSA) is 9.86 Å². The van der Waals surface area contributed by atoms with Gasteiger partial charge in [0, 0.05) is 32.9 Å². The second-order valence-electron chi connectivity index (χ2n) is 13.0.